The molecule has 8 nitrogen and oxygen atoms in total. The Morgan fingerprint density at radius 2 is 2.09 bits per heavy atom. The van der Waals surface area contributed by atoms with Crippen molar-refractivity contribution in [2.45, 2.75) is 45.5 Å². The van der Waals surface area contributed by atoms with Crippen LogP contribution in [0.2, 0.25) is 0 Å². The van der Waals surface area contributed by atoms with Gasteiger partial charge < -0.3 is 14.4 Å². The maximum Gasteiger partial charge on any atom is 0.416 e. The van der Waals surface area contributed by atoms with Crippen molar-refractivity contribution in [2.24, 2.45) is 12.0 Å². The highest BCUT2D eigenvalue weighted by Gasteiger charge is 2.32. The smallest absolute Gasteiger partial charge is 0.416 e. The van der Waals surface area contributed by atoms with Crippen molar-refractivity contribution < 1.29 is 27.8 Å². The number of amides is 1. The molecule has 0 aliphatic rings. The molecule has 0 spiro atoms. The SMILES string of the molecule is CCCCn1/c(=N/C(=O)c2cc(C(F)(F)F)ccc2OC[C@H](C)O)sc2cnn(C)c(=O)c21. The van der Waals surface area contributed by atoms with Gasteiger partial charge in [-0.05, 0) is 31.5 Å². The van der Waals surface area contributed by atoms with Crippen molar-refractivity contribution in [2.75, 3.05) is 6.61 Å². The maximum atomic E-state index is 13.3. The summed E-state index contributed by atoms with van der Waals surface area (Å²) in [5.74, 6) is -1.08. The summed E-state index contributed by atoms with van der Waals surface area (Å²) in [5.41, 5.74) is -1.46. The monoisotopic (exact) mass is 484 g/mol. The fourth-order valence-electron chi connectivity index (χ4n) is 3.05. The number of thiazole rings is 1. The van der Waals surface area contributed by atoms with Crippen LogP contribution in [0.25, 0.3) is 10.2 Å². The molecule has 3 rings (SSSR count). The van der Waals surface area contributed by atoms with Gasteiger partial charge >= 0.3 is 6.18 Å². The average Bonchev–Trinajstić information content (AvgIpc) is 3.10. The first-order chi connectivity index (χ1) is 15.5. The van der Waals surface area contributed by atoms with Crippen LogP contribution in [0.5, 0.6) is 5.75 Å². The summed E-state index contributed by atoms with van der Waals surface area (Å²) in [4.78, 5) is 29.9. The molecule has 0 bridgehead atoms. The van der Waals surface area contributed by atoms with Crippen LogP contribution < -0.4 is 15.1 Å². The van der Waals surface area contributed by atoms with E-state index in [1.54, 1.807) is 4.57 Å². The van der Waals surface area contributed by atoms with Crippen molar-refractivity contribution in [3.8, 4) is 5.75 Å². The van der Waals surface area contributed by atoms with Gasteiger partial charge in [-0.1, -0.05) is 24.7 Å². The third-order valence-corrected chi connectivity index (χ3v) is 5.74. The summed E-state index contributed by atoms with van der Waals surface area (Å²) in [6, 6.07) is 2.50. The van der Waals surface area contributed by atoms with E-state index in [0.717, 1.165) is 34.6 Å². The van der Waals surface area contributed by atoms with E-state index in [2.05, 4.69) is 10.1 Å². The molecule has 0 aliphatic carbocycles. The molecule has 2 aromatic heterocycles. The zero-order valence-electron chi connectivity index (χ0n) is 18.2. The molecule has 1 N–H and O–H groups in total. The number of aromatic nitrogens is 3. The third kappa shape index (κ3) is 5.50. The van der Waals surface area contributed by atoms with Crippen molar-refractivity contribution >= 4 is 27.5 Å². The van der Waals surface area contributed by atoms with Crippen LogP contribution >= 0.6 is 11.3 Å². The molecule has 1 aromatic carbocycles. The van der Waals surface area contributed by atoms with Crippen molar-refractivity contribution in [3.63, 3.8) is 0 Å². The lowest BCUT2D eigenvalue weighted by atomic mass is 10.1. The van der Waals surface area contributed by atoms with Crippen LogP contribution in [-0.4, -0.2) is 38.1 Å². The number of rotatable bonds is 7. The Labute approximate surface area is 190 Å². The van der Waals surface area contributed by atoms with E-state index < -0.39 is 29.3 Å². The number of aliphatic hydroxyl groups is 1. The summed E-state index contributed by atoms with van der Waals surface area (Å²) >= 11 is 1.05. The lowest BCUT2D eigenvalue weighted by molar-refractivity contribution is -0.137. The Bertz CT molecular complexity index is 1290. The van der Waals surface area contributed by atoms with Gasteiger partial charge in [0.05, 0.1) is 28.1 Å². The summed E-state index contributed by atoms with van der Waals surface area (Å²) in [5, 5.41) is 13.4. The molecule has 3 aromatic rings. The molecule has 12 heteroatoms. The summed E-state index contributed by atoms with van der Waals surface area (Å²) in [7, 11) is 1.50. The quantitative estimate of drug-likeness (QED) is 0.556. The van der Waals surface area contributed by atoms with Crippen LogP contribution in [0.1, 0.15) is 42.6 Å². The van der Waals surface area contributed by atoms with Crippen LogP contribution in [0, 0.1) is 0 Å². The predicted octanol–water partition coefficient (Wildman–Crippen LogP) is 3.12. The second-order valence-corrected chi connectivity index (χ2v) is 8.47. The van der Waals surface area contributed by atoms with Crippen LogP contribution in [0.15, 0.2) is 34.2 Å². The number of hydrogen-bond acceptors (Lipinski definition) is 6. The van der Waals surface area contributed by atoms with E-state index in [-0.39, 0.29) is 22.7 Å². The van der Waals surface area contributed by atoms with Crippen LogP contribution in [0.4, 0.5) is 13.2 Å². The molecule has 1 atom stereocenters. The second-order valence-electron chi connectivity index (χ2n) is 7.46. The number of unbranched alkanes of at least 4 members (excludes halogenated alkanes) is 1. The lowest BCUT2D eigenvalue weighted by Crippen LogP contribution is -2.25. The van der Waals surface area contributed by atoms with Gasteiger partial charge in [0.2, 0.25) is 0 Å². The summed E-state index contributed by atoms with van der Waals surface area (Å²) in [6.07, 6.45) is -2.57. The highest BCUT2D eigenvalue weighted by atomic mass is 32.1. The average molecular weight is 485 g/mol. The molecule has 178 valence electrons. The molecule has 1 amide bonds. The minimum Gasteiger partial charge on any atom is -0.490 e. The zero-order valence-corrected chi connectivity index (χ0v) is 19.0. The largest absolute Gasteiger partial charge is 0.490 e. The number of alkyl halides is 3. The van der Waals surface area contributed by atoms with Crippen LogP contribution in [0.3, 0.4) is 0 Å². The maximum absolute atomic E-state index is 13.3. The van der Waals surface area contributed by atoms with E-state index in [0.29, 0.717) is 29.2 Å². The molecule has 0 saturated heterocycles. The minimum absolute atomic E-state index is 0.128. The number of aliphatic hydroxyl groups excluding tert-OH is 1. The van der Waals surface area contributed by atoms with Gasteiger partial charge in [-0.15, -0.1) is 0 Å². The van der Waals surface area contributed by atoms with E-state index in [1.807, 2.05) is 6.92 Å². The second kappa shape index (κ2) is 9.87. The van der Waals surface area contributed by atoms with Crippen molar-refractivity contribution in [3.05, 3.63) is 50.7 Å². The fourth-order valence-corrected chi connectivity index (χ4v) is 4.06. The van der Waals surface area contributed by atoms with E-state index in [9.17, 15) is 27.9 Å². The highest BCUT2D eigenvalue weighted by molar-refractivity contribution is 7.16. The van der Waals surface area contributed by atoms with E-state index >= 15 is 0 Å². The van der Waals surface area contributed by atoms with E-state index in [1.165, 1.54) is 20.2 Å². The number of halogens is 3. The van der Waals surface area contributed by atoms with Crippen molar-refractivity contribution in [1.82, 2.24) is 14.3 Å². The standard InChI is InChI=1S/C21H23F3N4O4S/c1-4-5-8-28-17-16(10-25-27(3)19(17)31)33-20(28)26-18(30)14-9-13(21(22,23)24)6-7-15(14)32-11-12(2)29/h6-7,9-10,12,29H,4-5,8,11H2,1-3H3/b26-20-/t12-/m0/s1. The lowest BCUT2D eigenvalue weighted by Gasteiger charge is -2.13. The van der Waals surface area contributed by atoms with Crippen LogP contribution in [-0.2, 0) is 19.8 Å². The predicted molar refractivity (Wildman–Crippen MR) is 116 cm³/mol. The number of ether oxygens (including phenoxy) is 1. The molecule has 2 heterocycles. The molecular weight excluding hydrogens is 461 g/mol. The Kier molecular flexibility index (Phi) is 7.38. The molecular formula is C21H23F3N4O4S. The minimum atomic E-state index is -4.67. The zero-order chi connectivity index (χ0) is 24.3. The number of hydrogen-bond donors (Lipinski definition) is 1. The summed E-state index contributed by atoms with van der Waals surface area (Å²) in [6.45, 7) is 3.59. The Morgan fingerprint density at radius 1 is 1.36 bits per heavy atom. The molecule has 0 radical (unpaired) electrons. The molecule has 33 heavy (non-hydrogen) atoms. The van der Waals surface area contributed by atoms with Gasteiger partial charge in [0, 0.05) is 13.6 Å². The Hall–Kier alpha value is -2.99. The first-order valence-electron chi connectivity index (χ1n) is 10.2. The number of nitrogens with zero attached hydrogens (tertiary/aromatic N) is 4. The third-order valence-electron chi connectivity index (χ3n) is 4.73. The Balaban J connectivity index is 2.18. The van der Waals surface area contributed by atoms with Gasteiger partial charge in [0.25, 0.3) is 11.5 Å². The molecule has 0 aliphatic heterocycles. The van der Waals surface area contributed by atoms with Gasteiger partial charge in [0.15, 0.2) is 4.80 Å². The topological polar surface area (TPSA) is 98.7 Å². The first-order valence-corrected chi connectivity index (χ1v) is 11.0. The van der Waals surface area contributed by atoms with Gasteiger partial charge in [-0.3, -0.25) is 9.59 Å². The number of carbonyl (C=O) groups is 1. The first kappa shape index (κ1) is 24.6. The number of carbonyl (C=O) groups excluding carboxylic acids is 1. The number of fused-ring (bicyclic) bond motifs is 1. The normalized spacial score (nSPS) is 13.5. The summed E-state index contributed by atoms with van der Waals surface area (Å²) < 4.78 is 48.4. The molecule has 0 unspecified atom stereocenters. The van der Waals surface area contributed by atoms with Gasteiger partial charge in [0.1, 0.15) is 17.9 Å². The number of benzene rings is 1. The fraction of sp³-hybridized carbons (Fsp3) is 0.429. The molecule has 0 fully saturated rings. The van der Waals surface area contributed by atoms with Gasteiger partial charge in [-0.25, -0.2) is 4.68 Å². The van der Waals surface area contributed by atoms with Gasteiger partial charge in [-0.2, -0.15) is 23.3 Å². The molecule has 0 saturated carbocycles. The van der Waals surface area contributed by atoms with E-state index in [4.69, 9.17) is 4.74 Å². The Morgan fingerprint density at radius 3 is 2.73 bits per heavy atom. The number of aryl methyl sites for hydroxylation is 2. The highest BCUT2D eigenvalue weighted by Crippen LogP contribution is 2.33. The van der Waals surface area contributed by atoms with Crippen molar-refractivity contribution in [1.29, 1.82) is 0 Å².